The number of fused-ring (bicyclic) bond motifs is 1. The van der Waals surface area contributed by atoms with Crippen LogP contribution < -0.4 is 4.74 Å². The molecule has 3 aromatic rings. The molecule has 0 bridgehead atoms. The zero-order valence-corrected chi connectivity index (χ0v) is 17.7. The van der Waals surface area contributed by atoms with Crippen molar-refractivity contribution in [3.05, 3.63) is 58.7 Å². The zero-order chi connectivity index (χ0) is 20.4. The van der Waals surface area contributed by atoms with Gasteiger partial charge in [0.25, 0.3) is 5.91 Å². The first-order chi connectivity index (χ1) is 14.0. The van der Waals surface area contributed by atoms with Crippen molar-refractivity contribution in [3.8, 4) is 16.9 Å². The molecule has 2 aromatic carbocycles. The molecule has 2 heterocycles. The van der Waals surface area contributed by atoms with E-state index < -0.39 is 6.10 Å². The van der Waals surface area contributed by atoms with E-state index in [-0.39, 0.29) is 5.91 Å². The van der Waals surface area contributed by atoms with Crippen molar-refractivity contribution in [2.75, 3.05) is 13.1 Å². The summed E-state index contributed by atoms with van der Waals surface area (Å²) >= 11 is 12.8. The third-order valence-corrected chi connectivity index (χ3v) is 5.90. The summed E-state index contributed by atoms with van der Waals surface area (Å²) in [4.78, 5) is 19.0. The molecule has 1 aliphatic rings. The number of benzene rings is 2. The van der Waals surface area contributed by atoms with Gasteiger partial charge in [-0.15, -0.1) is 0 Å². The van der Waals surface area contributed by atoms with E-state index in [1.165, 1.54) is 6.42 Å². The quantitative estimate of drug-likeness (QED) is 0.512. The predicted molar refractivity (Wildman–Crippen MR) is 118 cm³/mol. The largest absolute Gasteiger partial charge is 0.481 e. The molecule has 150 valence electrons. The SMILES string of the molecule is C[C@@H](Oc1ccc2c(-c3c(Cl)cccc3Cl)ccnc2c1)C(=O)N1CCCCC1. The minimum atomic E-state index is -0.535. The van der Waals surface area contributed by atoms with Gasteiger partial charge in [-0.25, -0.2) is 0 Å². The first kappa shape index (κ1) is 20.0. The number of carbonyl (C=O) groups is 1. The predicted octanol–water partition coefficient (Wildman–Crippen LogP) is 5.99. The maximum atomic E-state index is 12.6. The molecule has 29 heavy (non-hydrogen) atoms. The Kier molecular flexibility index (Phi) is 5.93. The highest BCUT2D eigenvalue weighted by atomic mass is 35.5. The van der Waals surface area contributed by atoms with Crippen LogP contribution in [-0.2, 0) is 4.79 Å². The smallest absolute Gasteiger partial charge is 0.263 e. The van der Waals surface area contributed by atoms with Crippen molar-refractivity contribution in [1.82, 2.24) is 9.88 Å². The molecular weight excluding hydrogens is 407 g/mol. The standard InChI is InChI=1S/C23H22Cl2N2O2/c1-15(23(28)27-12-3-2-4-13-27)29-16-8-9-17-18(10-11-26-21(17)14-16)22-19(24)6-5-7-20(22)25/h5-11,14-15H,2-4,12-13H2,1H3/t15-/m1/s1. The van der Waals surface area contributed by atoms with Crippen molar-refractivity contribution >= 4 is 40.0 Å². The van der Waals surface area contributed by atoms with Crippen LogP contribution in [0, 0.1) is 0 Å². The molecule has 0 spiro atoms. The van der Waals surface area contributed by atoms with Gasteiger partial charge in [-0.05, 0) is 62.1 Å². The van der Waals surface area contributed by atoms with E-state index in [0.717, 1.165) is 48.0 Å². The summed E-state index contributed by atoms with van der Waals surface area (Å²) in [7, 11) is 0. The highest BCUT2D eigenvalue weighted by Gasteiger charge is 2.23. The van der Waals surface area contributed by atoms with Crippen molar-refractivity contribution < 1.29 is 9.53 Å². The second-order valence-electron chi connectivity index (χ2n) is 7.28. The molecule has 4 rings (SSSR count). The minimum Gasteiger partial charge on any atom is -0.481 e. The summed E-state index contributed by atoms with van der Waals surface area (Å²) in [5.74, 6) is 0.652. The molecule has 1 atom stereocenters. The Hall–Kier alpha value is -2.30. The van der Waals surface area contributed by atoms with E-state index in [1.54, 1.807) is 13.1 Å². The number of carbonyl (C=O) groups excluding carboxylic acids is 1. The number of likely N-dealkylation sites (tertiary alicyclic amines) is 1. The van der Waals surface area contributed by atoms with Crippen LogP contribution in [0.15, 0.2) is 48.7 Å². The Morgan fingerprint density at radius 2 is 1.79 bits per heavy atom. The number of nitrogens with zero attached hydrogens (tertiary/aromatic N) is 2. The average Bonchev–Trinajstić information content (AvgIpc) is 2.73. The molecule has 6 heteroatoms. The van der Waals surface area contributed by atoms with E-state index in [4.69, 9.17) is 27.9 Å². The molecule has 4 nitrogen and oxygen atoms in total. The zero-order valence-electron chi connectivity index (χ0n) is 16.2. The summed E-state index contributed by atoms with van der Waals surface area (Å²) in [6.07, 6.45) is 4.50. The van der Waals surface area contributed by atoms with E-state index in [0.29, 0.717) is 15.8 Å². The van der Waals surface area contributed by atoms with Crippen LogP contribution in [0.2, 0.25) is 10.0 Å². The minimum absolute atomic E-state index is 0.0364. The number of halogens is 2. The van der Waals surface area contributed by atoms with Crippen LogP contribution in [0.4, 0.5) is 0 Å². The normalized spacial score (nSPS) is 15.3. The number of hydrogen-bond donors (Lipinski definition) is 0. The van der Waals surface area contributed by atoms with Crippen LogP contribution in [0.3, 0.4) is 0 Å². The topological polar surface area (TPSA) is 42.4 Å². The van der Waals surface area contributed by atoms with E-state index in [1.807, 2.05) is 47.4 Å². The Morgan fingerprint density at radius 3 is 2.52 bits per heavy atom. The molecule has 1 aliphatic heterocycles. The monoisotopic (exact) mass is 428 g/mol. The van der Waals surface area contributed by atoms with Gasteiger partial charge in [0.15, 0.2) is 6.10 Å². The number of hydrogen-bond acceptors (Lipinski definition) is 3. The summed E-state index contributed by atoms with van der Waals surface area (Å²) in [5.41, 5.74) is 2.45. The molecule has 0 aliphatic carbocycles. The van der Waals surface area contributed by atoms with Gasteiger partial charge in [-0.1, -0.05) is 29.3 Å². The van der Waals surface area contributed by atoms with Gasteiger partial charge in [-0.2, -0.15) is 0 Å². The highest BCUT2D eigenvalue weighted by molar-refractivity contribution is 6.39. The number of aromatic nitrogens is 1. The molecule has 1 fully saturated rings. The van der Waals surface area contributed by atoms with Crippen molar-refractivity contribution in [2.24, 2.45) is 0 Å². The van der Waals surface area contributed by atoms with Crippen LogP contribution in [0.5, 0.6) is 5.75 Å². The third-order valence-electron chi connectivity index (χ3n) is 5.27. The first-order valence-corrected chi connectivity index (χ1v) is 10.6. The lowest BCUT2D eigenvalue weighted by atomic mass is 10.0. The van der Waals surface area contributed by atoms with Gasteiger partial charge in [0, 0.05) is 46.3 Å². The van der Waals surface area contributed by atoms with Crippen molar-refractivity contribution in [1.29, 1.82) is 0 Å². The molecule has 0 unspecified atom stereocenters. The summed E-state index contributed by atoms with van der Waals surface area (Å²) in [6.45, 7) is 3.43. The maximum absolute atomic E-state index is 12.6. The fourth-order valence-electron chi connectivity index (χ4n) is 3.80. The van der Waals surface area contributed by atoms with Crippen LogP contribution in [0.25, 0.3) is 22.0 Å². The number of pyridine rings is 1. The van der Waals surface area contributed by atoms with Gasteiger partial charge in [0.05, 0.1) is 5.52 Å². The van der Waals surface area contributed by atoms with E-state index in [9.17, 15) is 4.79 Å². The maximum Gasteiger partial charge on any atom is 0.263 e. The molecule has 0 N–H and O–H groups in total. The van der Waals surface area contributed by atoms with Gasteiger partial charge in [-0.3, -0.25) is 9.78 Å². The van der Waals surface area contributed by atoms with Crippen molar-refractivity contribution in [2.45, 2.75) is 32.3 Å². The molecule has 0 radical (unpaired) electrons. The molecule has 1 aromatic heterocycles. The molecular formula is C23H22Cl2N2O2. The molecule has 1 saturated heterocycles. The Labute approximate surface area is 180 Å². The lowest BCUT2D eigenvalue weighted by molar-refractivity contribution is -0.138. The second-order valence-corrected chi connectivity index (χ2v) is 8.09. The fraction of sp³-hybridized carbons (Fsp3) is 0.304. The van der Waals surface area contributed by atoms with Crippen molar-refractivity contribution in [3.63, 3.8) is 0 Å². The molecule has 1 amide bonds. The lowest BCUT2D eigenvalue weighted by Gasteiger charge is -2.29. The number of piperidine rings is 1. The highest BCUT2D eigenvalue weighted by Crippen LogP contribution is 2.38. The third kappa shape index (κ3) is 4.19. The number of amides is 1. The van der Waals surface area contributed by atoms with Gasteiger partial charge in [0.1, 0.15) is 5.75 Å². The van der Waals surface area contributed by atoms with Gasteiger partial charge < -0.3 is 9.64 Å². The Morgan fingerprint density at radius 1 is 1.07 bits per heavy atom. The number of ether oxygens (including phenoxy) is 1. The first-order valence-electron chi connectivity index (χ1n) is 9.83. The van der Waals surface area contributed by atoms with Crippen LogP contribution in [0.1, 0.15) is 26.2 Å². The summed E-state index contributed by atoms with van der Waals surface area (Å²) in [5, 5.41) is 2.10. The Bertz CT molecular complexity index is 1030. The summed E-state index contributed by atoms with van der Waals surface area (Å²) < 4.78 is 5.95. The number of rotatable bonds is 4. The van der Waals surface area contributed by atoms with Gasteiger partial charge >= 0.3 is 0 Å². The second kappa shape index (κ2) is 8.60. The average molecular weight is 429 g/mol. The van der Waals surface area contributed by atoms with E-state index >= 15 is 0 Å². The molecule has 0 saturated carbocycles. The Balaban J connectivity index is 1.61. The van der Waals surface area contributed by atoms with Crippen LogP contribution >= 0.6 is 23.2 Å². The lowest BCUT2D eigenvalue weighted by Crippen LogP contribution is -2.43. The van der Waals surface area contributed by atoms with E-state index in [2.05, 4.69) is 4.98 Å². The van der Waals surface area contributed by atoms with Crippen LogP contribution in [-0.4, -0.2) is 35.0 Å². The summed E-state index contributed by atoms with van der Waals surface area (Å²) in [6, 6.07) is 13.0. The fourth-order valence-corrected chi connectivity index (χ4v) is 4.40. The van der Waals surface area contributed by atoms with Gasteiger partial charge in [0.2, 0.25) is 0 Å².